The van der Waals surface area contributed by atoms with E-state index in [0.717, 1.165) is 53.5 Å². The van der Waals surface area contributed by atoms with Crippen LogP contribution >= 0.6 is 11.7 Å². The van der Waals surface area contributed by atoms with Crippen molar-refractivity contribution in [2.75, 3.05) is 36.8 Å². The van der Waals surface area contributed by atoms with Crippen molar-refractivity contribution >= 4 is 44.3 Å². The maximum absolute atomic E-state index is 11.9. The van der Waals surface area contributed by atoms with Crippen LogP contribution < -0.4 is 14.9 Å². The second kappa shape index (κ2) is 8.84. The van der Waals surface area contributed by atoms with E-state index < -0.39 is 10.2 Å². The third-order valence-corrected chi connectivity index (χ3v) is 7.38. The molecule has 1 fully saturated rings. The third kappa shape index (κ3) is 4.89. The number of nitrogens with one attached hydrogen (secondary N) is 2. The van der Waals surface area contributed by atoms with Crippen LogP contribution in [0.15, 0.2) is 42.5 Å². The van der Waals surface area contributed by atoms with Crippen molar-refractivity contribution in [3.63, 3.8) is 0 Å². The van der Waals surface area contributed by atoms with E-state index in [9.17, 15) is 8.42 Å². The normalized spacial score (nSPS) is 15.8. The summed E-state index contributed by atoms with van der Waals surface area (Å²) in [7, 11) is -0.473. The first-order valence-corrected chi connectivity index (χ1v) is 12.1. The molecular weight excluding hydrogens is 420 g/mol. The molecule has 10 heteroatoms. The molecule has 0 aliphatic carbocycles. The average molecular weight is 447 g/mol. The molecule has 2 aromatic carbocycles. The van der Waals surface area contributed by atoms with Gasteiger partial charge in [-0.25, -0.2) is 0 Å². The molecular formula is C20H26N6O2S2. The van der Waals surface area contributed by atoms with Gasteiger partial charge in [0.15, 0.2) is 0 Å². The van der Waals surface area contributed by atoms with Gasteiger partial charge in [0.25, 0.3) is 0 Å². The van der Waals surface area contributed by atoms with Gasteiger partial charge in [-0.2, -0.15) is 21.5 Å². The van der Waals surface area contributed by atoms with E-state index in [2.05, 4.69) is 35.8 Å². The number of nitrogens with zero attached hydrogens (tertiary/aromatic N) is 4. The van der Waals surface area contributed by atoms with Crippen LogP contribution in [0.4, 0.5) is 11.4 Å². The number of piperidine rings is 1. The highest BCUT2D eigenvalue weighted by atomic mass is 32.2. The standard InChI is InChI=1S/C20H26N6O2S2/c1-25(2)30(27,28)24-17-4-6-18(7-5-17)26-11-9-16(10-12-26)21-14-15-3-8-19-20(13-15)23-29-22-19/h3-8,13,16,21,24H,9-12,14H2,1-2H3. The molecule has 0 bridgehead atoms. The Labute approximate surface area is 181 Å². The fraction of sp³-hybridized carbons (Fsp3) is 0.400. The van der Waals surface area contributed by atoms with Crippen molar-refractivity contribution in [3.05, 3.63) is 48.0 Å². The molecule has 2 N–H and O–H groups in total. The van der Waals surface area contributed by atoms with E-state index in [1.165, 1.54) is 31.4 Å². The van der Waals surface area contributed by atoms with Crippen LogP contribution in [0, 0.1) is 0 Å². The zero-order valence-corrected chi connectivity index (χ0v) is 18.7. The Morgan fingerprint density at radius 2 is 1.77 bits per heavy atom. The van der Waals surface area contributed by atoms with Crippen LogP contribution in [-0.4, -0.2) is 54.7 Å². The molecule has 0 saturated carbocycles. The van der Waals surface area contributed by atoms with E-state index in [-0.39, 0.29) is 0 Å². The largest absolute Gasteiger partial charge is 0.371 e. The van der Waals surface area contributed by atoms with Gasteiger partial charge in [0, 0.05) is 51.1 Å². The summed E-state index contributed by atoms with van der Waals surface area (Å²) in [6, 6.07) is 14.3. The number of aromatic nitrogens is 2. The molecule has 2 heterocycles. The van der Waals surface area contributed by atoms with Crippen LogP contribution in [-0.2, 0) is 16.8 Å². The Bertz CT molecular complexity index is 1090. The Morgan fingerprint density at radius 1 is 1.07 bits per heavy atom. The lowest BCUT2D eigenvalue weighted by atomic mass is 10.0. The van der Waals surface area contributed by atoms with Crippen molar-refractivity contribution < 1.29 is 8.42 Å². The number of anilines is 2. The van der Waals surface area contributed by atoms with E-state index in [0.29, 0.717) is 11.7 Å². The highest BCUT2D eigenvalue weighted by molar-refractivity contribution is 7.90. The van der Waals surface area contributed by atoms with Crippen LogP contribution in [0.25, 0.3) is 11.0 Å². The van der Waals surface area contributed by atoms with Gasteiger partial charge in [-0.05, 0) is 54.8 Å². The Kier molecular flexibility index (Phi) is 6.19. The van der Waals surface area contributed by atoms with Crippen molar-refractivity contribution in [1.29, 1.82) is 0 Å². The number of hydrogen-bond acceptors (Lipinski definition) is 7. The molecule has 160 valence electrons. The lowest BCUT2D eigenvalue weighted by Gasteiger charge is -2.34. The maximum Gasteiger partial charge on any atom is 0.301 e. The smallest absolute Gasteiger partial charge is 0.301 e. The average Bonchev–Trinajstić information content (AvgIpc) is 3.21. The quantitative estimate of drug-likeness (QED) is 0.580. The fourth-order valence-corrected chi connectivity index (χ4v) is 4.66. The van der Waals surface area contributed by atoms with Crippen molar-refractivity contribution in [1.82, 2.24) is 18.4 Å². The second-order valence-corrected chi connectivity index (χ2v) is 10.1. The molecule has 4 rings (SSSR count). The SMILES string of the molecule is CN(C)S(=O)(=O)Nc1ccc(N2CCC(NCc3ccc4nsnc4c3)CC2)cc1. The Hall–Kier alpha value is -2.27. The lowest BCUT2D eigenvalue weighted by molar-refractivity contribution is 0.414. The minimum atomic E-state index is -3.48. The fourth-order valence-electron chi connectivity index (χ4n) is 3.52. The summed E-state index contributed by atoms with van der Waals surface area (Å²) < 4.78 is 36.1. The number of hydrogen-bond donors (Lipinski definition) is 2. The predicted octanol–water partition coefficient (Wildman–Crippen LogP) is 2.67. The third-order valence-electron chi connectivity index (χ3n) is 5.37. The van der Waals surface area contributed by atoms with Gasteiger partial charge in [-0.3, -0.25) is 4.72 Å². The predicted molar refractivity (Wildman–Crippen MR) is 122 cm³/mol. The van der Waals surface area contributed by atoms with Gasteiger partial charge in [-0.1, -0.05) is 6.07 Å². The summed E-state index contributed by atoms with van der Waals surface area (Å²) in [4.78, 5) is 2.34. The summed E-state index contributed by atoms with van der Waals surface area (Å²) in [6.45, 7) is 2.77. The van der Waals surface area contributed by atoms with Crippen molar-refractivity contribution in [2.24, 2.45) is 0 Å². The molecule has 0 amide bonds. The molecule has 1 aromatic heterocycles. The molecule has 0 spiro atoms. The lowest BCUT2D eigenvalue weighted by Crippen LogP contribution is -2.42. The summed E-state index contributed by atoms with van der Waals surface area (Å²) in [5, 5.41) is 3.66. The first-order valence-electron chi connectivity index (χ1n) is 9.90. The maximum atomic E-state index is 11.9. The van der Waals surface area contributed by atoms with Crippen LogP contribution in [0.2, 0.25) is 0 Å². The molecule has 1 aliphatic heterocycles. The minimum absolute atomic E-state index is 0.483. The van der Waals surface area contributed by atoms with Crippen LogP contribution in [0.5, 0.6) is 0 Å². The monoisotopic (exact) mass is 446 g/mol. The summed E-state index contributed by atoms with van der Waals surface area (Å²) >= 11 is 1.25. The first kappa shape index (κ1) is 21.0. The van der Waals surface area contributed by atoms with Gasteiger partial charge in [-0.15, -0.1) is 0 Å². The van der Waals surface area contributed by atoms with Crippen LogP contribution in [0.3, 0.4) is 0 Å². The van der Waals surface area contributed by atoms with E-state index in [1.807, 2.05) is 30.3 Å². The zero-order valence-electron chi connectivity index (χ0n) is 17.1. The molecule has 0 radical (unpaired) electrons. The minimum Gasteiger partial charge on any atom is -0.371 e. The van der Waals surface area contributed by atoms with Gasteiger partial charge in [0.05, 0.1) is 11.7 Å². The van der Waals surface area contributed by atoms with Crippen LogP contribution in [0.1, 0.15) is 18.4 Å². The van der Waals surface area contributed by atoms with Crippen molar-refractivity contribution in [2.45, 2.75) is 25.4 Å². The molecule has 0 atom stereocenters. The molecule has 0 unspecified atom stereocenters. The molecule has 8 nitrogen and oxygen atoms in total. The summed E-state index contributed by atoms with van der Waals surface area (Å²) in [5.41, 5.74) is 4.83. The van der Waals surface area contributed by atoms with Gasteiger partial charge in [0.2, 0.25) is 0 Å². The molecule has 1 saturated heterocycles. The highest BCUT2D eigenvalue weighted by Gasteiger charge is 2.19. The number of rotatable bonds is 7. The zero-order chi connectivity index (χ0) is 21.1. The van der Waals surface area contributed by atoms with Crippen molar-refractivity contribution in [3.8, 4) is 0 Å². The van der Waals surface area contributed by atoms with E-state index >= 15 is 0 Å². The highest BCUT2D eigenvalue weighted by Crippen LogP contribution is 2.23. The van der Waals surface area contributed by atoms with E-state index in [4.69, 9.17) is 0 Å². The topological polar surface area (TPSA) is 90.5 Å². The Morgan fingerprint density at radius 3 is 2.47 bits per heavy atom. The summed E-state index contributed by atoms with van der Waals surface area (Å²) in [5.74, 6) is 0. The Balaban J connectivity index is 1.27. The second-order valence-electron chi connectivity index (χ2n) is 7.67. The number of fused-ring (bicyclic) bond motifs is 1. The van der Waals surface area contributed by atoms with Gasteiger partial charge >= 0.3 is 10.2 Å². The number of benzene rings is 2. The van der Waals surface area contributed by atoms with Gasteiger partial charge < -0.3 is 10.2 Å². The molecule has 1 aliphatic rings. The molecule has 30 heavy (non-hydrogen) atoms. The van der Waals surface area contributed by atoms with E-state index in [1.54, 1.807) is 0 Å². The summed E-state index contributed by atoms with van der Waals surface area (Å²) in [6.07, 6.45) is 2.13. The molecule has 3 aromatic rings. The van der Waals surface area contributed by atoms with Gasteiger partial charge in [0.1, 0.15) is 11.0 Å². The first-order chi connectivity index (χ1) is 14.4.